The van der Waals surface area contributed by atoms with Crippen molar-refractivity contribution in [1.29, 1.82) is 0 Å². The maximum Gasteiger partial charge on any atom is 0.0600 e. The van der Waals surface area contributed by atoms with Gasteiger partial charge in [0.05, 0.1) is 12.2 Å². The molecule has 0 aromatic rings. The van der Waals surface area contributed by atoms with Gasteiger partial charge in [-0.2, -0.15) is 0 Å². The highest BCUT2D eigenvalue weighted by Crippen LogP contribution is 2.26. The number of rotatable bonds is 7. The molecule has 0 radical (unpaired) electrons. The van der Waals surface area contributed by atoms with Crippen LogP contribution in [0, 0.1) is 5.92 Å². The molecule has 1 rings (SSSR count). The fraction of sp³-hybridized carbons (Fsp3) is 1.00. The molecule has 0 aromatic heterocycles. The molecular formula is C18H38N2O. The minimum Gasteiger partial charge on any atom is -0.375 e. The second-order valence-electron chi connectivity index (χ2n) is 7.75. The lowest BCUT2D eigenvalue weighted by Gasteiger charge is -2.49. The second kappa shape index (κ2) is 7.94. The van der Waals surface area contributed by atoms with Gasteiger partial charge in [0.2, 0.25) is 0 Å². The van der Waals surface area contributed by atoms with Crippen LogP contribution in [0.3, 0.4) is 0 Å². The van der Waals surface area contributed by atoms with Crippen LogP contribution in [0.5, 0.6) is 0 Å². The van der Waals surface area contributed by atoms with Crippen molar-refractivity contribution in [1.82, 2.24) is 10.2 Å². The van der Waals surface area contributed by atoms with Crippen molar-refractivity contribution in [3.63, 3.8) is 0 Å². The van der Waals surface area contributed by atoms with Crippen molar-refractivity contribution in [3.8, 4) is 0 Å². The van der Waals surface area contributed by atoms with Gasteiger partial charge in [-0.15, -0.1) is 0 Å². The summed E-state index contributed by atoms with van der Waals surface area (Å²) in [5.74, 6) is 0.735. The van der Waals surface area contributed by atoms with E-state index < -0.39 is 0 Å². The van der Waals surface area contributed by atoms with Crippen molar-refractivity contribution >= 4 is 0 Å². The fourth-order valence-corrected chi connectivity index (χ4v) is 3.28. The number of nitrogens with one attached hydrogen (secondary N) is 1. The van der Waals surface area contributed by atoms with Crippen LogP contribution in [0.2, 0.25) is 0 Å². The zero-order valence-electron chi connectivity index (χ0n) is 15.5. The summed E-state index contributed by atoms with van der Waals surface area (Å²) < 4.78 is 5.97. The third-order valence-electron chi connectivity index (χ3n) is 5.23. The average Bonchev–Trinajstić information content (AvgIpc) is 2.45. The molecule has 0 aromatic carbocycles. The summed E-state index contributed by atoms with van der Waals surface area (Å²) in [5, 5.41) is 3.85. The van der Waals surface area contributed by atoms with Crippen molar-refractivity contribution < 1.29 is 4.74 Å². The molecule has 2 unspecified atom stereocenters. The van der Waals surface area contributed by atoms with E-state index in [2.05, 4.69) is 58.7 Å². The Labute approximate surface area is 132 Å². The van der Waals surface area contributed by atoms with E-state index in [4.69, 9.17) is 4.74 Å². The predicted octanol–water partition coefficient (Wildman–Crippen LogP) is 3.68. The van der Waals surface area contributed by atoms with Crippen molar-refractivity contribution in [3.05, 3.63) is 0 Å². The maximum atomic E-state index is 5.97. The monoisotopic (exact) mass is 298 g/mol. The van der Waals surface area contributed by atoms with Gasteiger partial charge < -0.3 is 10.1 Å². The molecular weight excluding hydrogens is 260 g/mol. The van der Waals surface area contributed by atoms with E-state index in [-0.39, 0.29) is 5.60 Å². The zero-order chi connectivity index (χ0) is 16.1. The van der Waals surface area contributed by atoms with E-state index >= 15 is 0 Å². The van der Waals surface area contributed by atoms with Crippen LogP contribution in [0.15, 0.2) is 0 Å². The minimum absolute atomic E-state index is 0.0352. The highest BCUT2D eigenvalue weighted by molar-refractivity contribution is 4.97. The minimum atomic E-state index is -0.0352. The van der Waals surface area contributed by atoms with E-state index in [1.807, 2.05) is 0 Å². The first-order valence-corrected chi connectivity index (χ1v) is 8.90. The summed E-state index contributed by atoms with van der Waals surface area (Å²) in [6, 6.07) is 0.643. The van der Waals surface area contributed by atoms with Crippen LogP contribution in [0.1, 0.15) is 67.7 Å². The van der Waals surface area contributed by atoms with Gasteiger partial charge in [0.15, 0.2) is 0 Å². The number of hydrogen-bond donors (Lipinski definition) is 1. The molecule has 2 atom stereocenters. The first kappa shape index (κ1) is 18.9. The standard InChI is InChI=1S/C18H38N2O/c1-8-15(4)16-13-19-18(9-2,10-3)14-20(16)11-12-21-17(5,6)7/h15-16,19H,8-14H2,1-7H3. The molecule has 1 fully saturated rings. The molecule has 1 N–H and O–H groups in total. The first-order valence-electron chi connectivity index (χ1n) is 8.90. The molecule has 1 aliphatic rings. The Morgan fingerprint density at radius 2 is 1.86 bits per heavy atom. The van der Waals surface area contributed by atoms with E-state index in [1.165, 1.54) is 19.3 Å². The van der Waals surface area contributed by atoms with Crippen molar-refractivity contribution in [2.24, 2.45) is 5.92 Å². The summed E-state index contributed by atoms with van der Waals surface area (Å²) in [7, 11) is 0. The number of hydrogen-bond acceptors (Lipinski definition) is 3. The van der Waals surface area contributed by atoms with Crippen molar-refractivity contribution in [2.45, 2.75) is 84.9 Å². The summed E-state index contributed by atoms with van der Waals surface area (Å²) in [6.45, 7) is 19.9. The molecule has 21 heavy (non-hydrogen) atoms. The molecule has 0 amide bonds. The van der Waals surface area contributed by atoms with Gasteiger partial charge in [0.1, 0.15) is 0 Å². The SMILES string of the molecule is CCC(C)C1CNC(CC)(CC)CN1CCOC(C)(C)C. The van der Waals surface area contributed by atoms with Gasteiger partial charge in [-0.1, -0.05) is 34.1 Å². The smallest absolute Gasteiger partial charge is 0.0600 e. The van der Waals surface area contributed by atoms with E-state index in [1.54, 1.807) is 0 Å². The van der Waals surface area contributed by atoms with Crippen molar-refractivity contribution in [2.75, 3.05) is 26.2 Å². The molecule has 0 saturated carbocycles. The van der Waals surface area contributed by atoms with Gasteiger partial charge in [-0.25, -0.2) is 0 Å². The summed E-state index contributed by atoms with van der Waals surface area (Å²) in [6.07, 6.45) is 3.65. The fourth-order valence-electron chi connectivity index (χ4n) is 3.28. The number of ether oxygens (including phenoxy) is 1. The highest BCUT2D eigenvalue weighted by Gasteiger charge is 2.38. The Morgan fingerprint density at radius 3 is 2.33 bits per heavy atom. The Balaban J connectivity index is 2.69. The molecule has 0 spiro atoms. The van der Waals surface area contributed by atoms with Crippen LogP contribution < -0.4 is 5.32 Å². The largest absolute Gasteiger partial charge is 0.375 e. The Bertz CT molecular complexity index is 294. The van der Waals surface area contributed by atoms with Gasteiger partial charge in [-0.3, -0.25) is 4.90 Å². The lowest BCUT2D eigenvalue weighted by atomic mass is 9.85. The predicted molar refractivity (Wildman–Crippen MR) is 91.8 cm³/mol. The molecule has 0 aliphatic carbocycles. The second-order valence-corrected chi connectivity index (χ2v) is 7.75. The molecule has 1 aliphatic heterocycles. The average molecular weight is 299 g/mol. The van der Waals surface area contributed by atoms with Crippen LogP contribution in [0.25, 0.3) is 0 Å². The zero-order valence-corrected chi connectivity index (χ0v) is 15.5. The number of piperazine rings is 1. The lowest BCUT2D eigenvalue weighted by Crippen LogP contribution is -2.65. The summed E-state index contributed by atoms with van der Waals surface area (Å²) >= 11 is 0. The number of nitrogens with zero attached hydrogens (tertiary/aromatic N) is 1. The van der Waals surface area contributed by atoms with Crippen LogP contribution >= 0.6 is 0 Å². The van der Waals surface area contributed by atoms with Gasteiger partial charge in [0.25, 0.3) is 0 Å². The van der Waals surface area contributed by atoms with Crippen LogP contribution in [-0.2, 0) is 4.74 Å². The molecule has 0 bridgehead atoms. The Kier molecular flexibility index (Phi) is 7.15. The quantitative estimate of drug-likeness (QED) is 0.776. The molecule has 1 heterocycles. The third kappa shape index (κ3) is 5.54. The Hall–Kier alpha value is -0.120. The molecule has 3 heteroatoms. The van der Waals surface area contributed by atoms with E-state index in [0.717, 1.165) is 32.2 Å². The maximum absolute atomic E-state index is 5.97. The third-order valence-corrected chi connectivity index (χ3v) is 5.23. The van der Waals surface area contributed by atoms with E-state index in [9.17, 15) is 0 Å². The lowest BCUT2D eigenvalue weighted by molar-refractivity contribution is -0.0343. The molecule has 3 nitrogen and oxygen atoms in total. The van der Waals surface area contributed by atoms with Gasteiger partial charge in [-0.05, 0) is 39.5 Å². The summed E-state index contributed by atoms with van der Waals surface area (Å²) in [5.41, 5.74) is 0.262. The van der Waals surface area contributed by atoms with Gasteiger partial charge in [0, 0.05) is 31.2 Å². The topological polar surface area (TPSA) is 24.5 Å². The first-order chi connectivity index (χ1) is 9.77. The highest BCUT2D eigenvalue weighted by atomic mass is 16.5. The van der Waals surface area contributed by atoms with Gasteiger partial charge >= 0.3 is 0 Å². The van der Waals surface area contributed by atoms with Crippen LogP contribution in [0.4, 0.5) is 0 Å². The molecule has 126 valence electrons. The van der Waals surface area contributed by atoms with Crippen LogP contribution in [-0.4, -0.2) is 48.3 Å². The summed E-state index contributed by atoms with van der Waals surface area (Å²) in [4.78, 5) is 2.68. The normalized spacial score (nSPS) is 25.0. The molecule has 1 saturated heterocycles. The van der Waals surface area contributed by atoms with E-state index in [0.29, 0.717) is 11.6 Å². The Morgan fingerprint density at radius 1 is 1.24 bits per heavy atom.